The molecular weight excluding hydrogens is 328 g/mol. The van der Waals surface area contributed by atoms with Gasteiger partial charge in [-0.1, -0.05) is 42.0 Å². The van der Waals surface area contributed by atoms with Crippen molar-refractivity contribution in [1.82, 2.24) is 4.90 Å². The molecule has 26 heavy (non-hydrogen) atoms. The number of fused-ring (bicyclic) bond motifs is 1. The van der Waals surface area contributed by atoms with Gasteiger partial charge in [0.2, 0.25) is 5.91 Å². The number of carbonyl (C=O) groups excluding carboxylic acids is 2. The lowest BCUT2D eigenvalue weighted by atomic mass is 10.1. The first-order chi connectivity index (χ1) is 12.4. The third-order valence-corrected chi connectivity index (χ3v) is 4.17. The van der Waals surface area contributed by atoms with E-state index in [0.717, 1.165) is 10.9 Å². The van der Waals surface area contributed by atoms with Gasteiger partial charge >= 0.3 is 0 Å². The van der Waals surface area contributed by atoms with E-state index in [1.54, 1.807) is 6.07 Å². The lowest BCUT2D eigenvalue weighted by molar-refractivity contribution is -0.117. The molecule has 0 bridgehead atoms. The Kier molecular flexibility index (Phi) is 5.19. The zero-order chi connectivity index (χ0) is 18.7. The predicted octanol–water partition coefficient (Wildman–Crippen LogP) is 4.01. The molecule has 1 heterocycles. The maximum Gasteiger partial charge on any atom is 0.238 e. The van der Waals surface area contributed by atoms with Crippen molar-refractivity contribution in [2.75, 3.05) is 18.9 Å². The summed E-state index contributed by atoms with van der Waals surface area (Å²) < 4.78 is 5.60. The molecule has 0 atom stereocenters. The predicted molar refractivity (Wildman–Crippen MR) is 102 cm³/mol. The third kappa shape index (κ3) is 4.00. The summed E-state index contributed by atoms with van der Waals surface area (Å²) in [5.41, 5.74) is 3.38. The van der Waals surface area contributed by atoms with Gasteiger partial charge in [-0.25, -0.2) is 0 Å². The summed E-state index contributed by atoms with van der Waals surface area (Å²) in [6, 6.07) is 15.5. The molecule has 3 rings (SSSR count). The van der Waals surface area contributed by atoms with E-state index in [1.165, 1.54) is 12.5 Å². The normalized spacial score (nSPS) is 11.1. The largest absolute Gasteiger partial charge is 0.451 e. The van der Waals surface area contributed by atoms with E-state index in [2.05, 4.69) is 29.6 Å². The maximum absolute atomic E-state index is 12.5. The van der Waals surface area contributed by atoms with Gasteiger partial charge in [-0.15, -0.1) is 0 Å². The number of rotatable bonds is 6. The van der Waals surface area contributed by atoms with E-state index in [1.807, 2.05) is 37.1 Å². The van der Waals surface area contributed by atoms with Gasteiger partial charge in [0.05, 0.1) is 12.2 Å². The Labute approximate surface area is 152 Å². The Morgan fingerprint density at radius 2 is 1.77 bits per heavy atom. The number of nitrogens with one attached hydrogen (secondary N) is 1. The van der Waals surface area contributed by atoms with Crippen LogP contribution in [0.4, 0.5) is 5.69 Å². The lowest BCUT2D eigenvalue weighted by Gasteiger charge is -2.16. The maximum atomic E-state index is 12.5. The van der Waals surface area contributed by atoms with Crippen molar-refractivity contribution in [1.29, 1.82) is 0 Å². The molecule has 0 saturated carbocycles. The molecule has 5 nitrogen and oxygen atoms in total. The van der Waals surface area contributed by atoms with Crippen LogP contribution < -0.4 is 5.32 Å². The number of hydrogen-bond acceptors (Lipinski definition) is 4. The van der Waals surface area contributed by atoms with Gasteiger partial charge < -0.3 is 9.73 Å². The standard InChI is InChI=1S/C21H22N2O3/c1-14-8-10-16(11-9-14)12-23(3)13-19(25)22-20-17-6-4-5-7-18(17)26-21(20)15(2)24/h4-11H,12-13H2,1-3H3,(H,22,25). The lowest BCUT2D eigenvalue weighted by Crippen LogP contribution is -2.30. The molecule has 2 aromatic carbocycles. The van der Waals surface area contributed by atoms with E-state index >= 15 is 0 Å². The number of likely N-dealkylation sites (N-methyl/N-ethyl adjacent to an activating group) is 1. The number of para-hydroxylation sites is 1. The highest BCUT2D eigenvalue weighted by atomic mass is 16.3. The highest BCUT2D eigenvalue weighted by Gasteiger charge is 2.19. The van der Waals surface area contributed by atoms with Crippen molar-refractivity contribution in [3.63, 3.8) is 0 Å². The number of carbonyl (C=O) groups is 2. The molecule has 0 fully saturated rings. The molecule has 1 N–H and O–H groups in total. The second kappa shape index (κ2) is 7.54. The average molecular weight is 350 g/mol. The second-order valence-corrected chi connectivity index (χ2v) is 6.56. The number of Topliss-reactive ketones (excluding diaryl/α,β-unsaturated/α-hetero) is 1. The highest BCUT2D eigenvalue weighted by Crippen LogP contribution is 2.31. The number of nitrogens with zero attached hydrogens (tertiary/aromatic N) is 1. The monoisotopic (exact) mass is 350 g/mol. The van der Waals surface area contributed by atoms with Gasteiger partial charge in [-0.2, -0.15) is 0 Å². The van der Waals surface area contributed by atoms with Crippen LogP contribution >= 0.6 is 0 Å². The van der Waals surface area contributed by atoms with Crippen LogP contribution in [-0.4, -0.2) is 30.2 Å². The molecule has 3 aromatic rings. The first kappa shape index (κ1) is 17.9. The Hall–Kier alpha value is -2.92. The van der Waals surface area contributed by atoms with E-state index in [9.17, 15) is 9.59 Å². The van der Waals surface area contributed by atoms with E-state index < -0.39 is 0 Å². The fraction of sp³-hybridized carbons (Fsp3) is 0.238. The highest BCUT2D eigenvalue weighted by molar-refractivity contribution is 6.11. The van der Waals surface area contributed by atoms with Crippen molar-refractivity contribution in [3.05, 3.63) is 65.4 Å². The molecule has 0 unspecified atom stereocenters. The SMILES string of the molecule is CC(=O)c1oc2ccccc2c1NC(=O)CN(C)Cc1ccc(C)cc1. The Morgan fingerprint density at radius 1 is 1.08 bits per heavy atom. The average Bonchev–Trinajstić information content (AvgIpc) is 2.96. The van der Waals surface area contributed by atoms with Gasteiger partial charge in [0.1, 0.15) is 5.58 Å². The molecular formula is C21H22N2O3. The van der Waals surface area contributed by atoms with Crippen LogP contribution in [0.5, 0.6) is 0 Å². The summed E-state index contributed by atoms with van der Waals surface area (Å²) >= 11 is 0. The number of ketones is 1. The summed E-state index contributed by atoms with van der Waals surface area (Å²) in [5, 5.41) is 3.57. The number of amides is 1. The van der Waals surface area contributed by atoms with Crippen LogP contribution in [0.25, 0.3) is 11.0 Å². The minimum absolute atomic E-state index is 0.181. The minimum Gasteiger partial charge on any atom is -0.451 e. The van der Waals surface area contributed by atoms with Crippen LogP contribution in [0, 0.1) is 6.92 Å². The third-order valence-electron chi connectivity index (χ3n) is 4.17. The fourth-order valence-corrected chi connectivity index (χ4v) is 2.90. The van der Waals surface area contributed by atoms with Gasteiger partial charge in [-0.3, -0.25) is 14.5 Å². The zero-order valence-electron chi connectivity index (χ0n) is 15.2. The van der Waals surface area contributed by atoms with E-state index in [0.29, 0.717) is 17.8 Å². The smallest absolute Gasteiger partial charge is 0.238 e. The van der Waals surface area contributed by atoms with Crippen molar-refractivity contribution in [3.8, 4) is 0 Å². The number of hydrogen-bond donors (Lipinski definition) is 1. The molecule has 0 saturated heterocycles. The number of furan rings is 1. The molecule has 0 spiro atoms. The molecule has 5 heteroatoms. The molecule has 0 aliphatic rings. The van der Waals surface area contributed by atoms with Crippen molar-refractivity contribution in [2.24, 2.45) is 0 Å². The Balaban J connectivity index is 1.71. The van der Waals surface area contributed by atoms with Gasteiger partial charge in [-0.05, 0) is 31.7 Å². The minimum atomic E-state index is -0.218. The van der Waals surface area contributed by atoms with Crippen molar-refractivity contribution >= 4 is 28.3 Å². The number of aryl methyl sites for hydroxylation is 1. The van der Waals surface area contributed by atoms with E-state index in [4.69, 9.17) is 4.42 Å². The molecule has 134 valence electrons. The molecule has 0 aliphatic carbocycles. The van der Waals surface area contributed by atoms with Gasteiger partial charge in [0, 0.05) is 18.9 Å². The second-order valence-electron chi connectivity index (χ2n) is 6.56. The summed E-state index contributed by atoms with van der Waals surface area (Å²) in [5.74, 6) is -0.223. The number of benzene rings is 2. The first-order valence-corrected chi connectivity index (χ1v) is 8.50. The Morgan fingerprint density at radius 3 is 2.46 bits per heavy atom. The molecule has 0 radical (unpaired) electrons. The first-order valence-electron chi connectivity index (χ1n) is 8.50. The zero-order valence-corrected chi connectivity index (χ0v) is 15.2. The van der Waals surface area contributed by atoms with Crippen molar-refractivity contribution in [2.45, 2.75) is 20.4 Å². The summed E-state index contributed by atoms with van der Waals surface area (Å²) in [4.78, 5) is 26.3. The van der Waals surface area contributed by atoms with Crippen LogP contribution in [0.2, 0.25) is 0 Å². The van der Waals surface area contributed by atoms with Crippen LogP contribution in [0.3, 0.4) is 0 Å². The number of anilines is 1. The Bertz CT molecular complexity index is 942. The van der Waals surface area contributed by atoms with Crippen LogP contribution in [0.15, 0.2) is 52.9 Å². The fourth-order valence-electron chi connectivity index (χ4n) is 2.90. The molecule has 0 aliphatic heterocycles. The molecule has 1 amide bonds. The van der Waals surface area contributed by atoms with Crippen molar-refractivity contribution < 1.29 is 14.0 Å². The summed E-state index contributed by atoms with van der Waals surface area (Å²) in [6.07, 6.45) is 0. The quantitative estimate of drug-likeness (QED) is 0.682. The summed E-state index contributed by atoms with van der Waals surface area (Å²) in [7, 11) is 1.89. The van der Waals surface area contributed by atoms with E-state index in [-0.39, 0.29) is 24.0 Å². The van der Waals surface area contributed by atoms with Gasteiger partial charge in [0.25, 0.3) is 0 Å². The summed E-state index contributed by atoms with van der Waals surface area (Å²) in [6.45, 7) is 4.35. The van der Waals surface area contributed by atoms with Gasteiger partial charge in [0.15, 0.2) is 11.5 Å². The topological polar surface area (TPSA) is 62.6 Å². The molecule has 1 aromatic heterocycles. The van der Waals surface area contributed by atoms with Crippen LogP contribution in [0.1, 0.15) is 28.6 Å². The van der Waals surface area contributed by atoms with Crippen LogP contribution in [-0.2, 0) is 11.3 Å².